The SMILES string of the molecule is CCC(C)C(=O)N(C)C(C)C(N)=NO. The van der Waals surface area contributed by atoms with Crippen LogP contribution in [0.5, 0.6) is 0 Å². The lowest BCUT2D eigenvalue weighted by Gasteiger charge is -2.26. The second-order valence-electron chi connectivity index (χ2n) is 3.46. The Morgan fingerprint density at radius 2 is 2.07 bits per heavy atom. The van der Waals surface area contributed by atoms with Crippen molar-refractivity contribution in [1.29, 1.82) is 0 Å². The molecule has 2 atom stereocenters. The number of oxime groups is 1. The third kappa shape index (κ3) is 2.90. The van der Waals surface area contributed by atoms with E-state index in [1.54, 1.807) is 14.0 Å². The molecule has 0 heterocycles. The van der Waals surface area contributed by atoms with Gasteiger partial charge in [-0.05, 0) is 13.3 Å². The number of nitrogens with zero attached hydrogens (tertiary/aromatic N) is 2. The van der Waals surface area contributed by atoms with E-state index in [1.807, 2.05) is 13.8 Å². The van der Waals surface area contributed by atoms with Gasteiger partial charge in [0, 0.05) is 13.0 Å². The number of rotatable bonds is 4. The first-order valence-corrected chi connectivity index (χ1v) is 4.69. The minimum Gasteiger partial charge on any atom is -0.409 e. The van der Waals surface area contributed by atoms with E-state index in [1.165, 1.54) is 4.90 Å². The van der Waals surface area contributed by atoms with E-state index in [0.29, 0.717) is 0 Å². The average molecular weight is 201 g/mol. The maximum absolute atomic E-state index is 11.7. The van der Waals surface area contributed by atoms with E-state index >= 15 is 0 Å². The van der Waals surface area contributed by atoms with E-state index in [-0.39, 0.29) is 23.7 Å². The third-order valence-corrected chi connectivity index (χ3v) is 2.51. The molecule has 3 N–H and O–H groups in total. The summed E-state index contributed by atoms with van der Waals surface area (Å²) in [5.74, 6) is 0.0182. The van der Waals surface area contributed by atoms with Crippen molar-refractivity contribution in [3.8, 4) is 0 Å². The molecule has 0 aromatic carbocycles. The zero-order chi connectivity index (χ0) is 11.3. The van der Waals surface area contributed by atoms with Crippen LogP contribution in [0.25, 0.3) is 0 Å². The van der Waals surface area contributed by atoms with E-state index in [2.05, 4.69) is 5.16 Å². The number of hydrogen-bond donors (Lipinski definition) is 2. The van der Waals surface area contributed by atoms with Gasteiger partial charge in [0.25, 0.3) is 0 Å². The summed E-state index contributed by atoms with van der Waals surface area (Å²) < 4.78 is 0. The molecule has 0 aromatic rings. The monoisotopic (exact) mass is 201 g/mol. The fourth-order valence-electron chi connectivity index (χ4n) is 0.995. The van der Waals surface area contributed by atoms with Crippen molar-refractivity contribution in [3.63, 3.8) is 0 Å². The Kier molecular flexibility index (Phi) is 4.97. The molecule has 0 aliphatic rings. The Morgan fingerprint density at radius 1 is 1.57 bits per heavy atom. The van der Waals surface area contributed by atoms with E-state index < -0.39 is 0 Å². The van der Waals surface area contributed by atoms with Crippen molar-refractivity contribution in [2.75, 3.05) is 7.05 Å². The zero-order valence-corrected chi connectivity index (χ0v) is 9.19. The van der Waals surface area contributed by atoms with Crippen molar-refractivity contribution < 1.29 is 10.0 Å². The molecule has 14 heavy (non-hydrogen) atoms. The van der Waals surface area contributed by atoms with Crippen molar-refractivity contribution in [2.45, 2.75) is 33.2 Å². The van der Waals surface area contributed by atoms with Gasteiger partial charge in [0.2, 0.25) is 5.91 Å². The molecule has 0 fully saturated rings. The summed E-state index contributed by atoms with van der Waals surface area (Å²) in [7, 11) is 1.65. The molecule has 2 unspecified atom stereocenters. The summed E-state index contributed by atoms with van der Waals surface area (Å²) in [6.07, 6.45) is 0.784. The summed E-state index contributed by atoms with van der Waals surface area (Å²) in [5.41, 5.74) is 5.40. The molecule has 5 nitrogen and oxygen atoms in total. The summed E-state index contributed by atoms with van der Waals surface area (Å²) in [6, 6.07) is -0.374. The summed E-state index contributed by atoms with van der Waals surface area (Å²) in [4.78, 5) is 13.2. The molecule has 1 amide bonds. The van der Waals surface area contributed by atoms with Gasteiger partial charge in [-0.1, -0.05) is 19.0 Å². The first kappa shape index (κ1) is 12.7. The maximum atomic E-state index is 11.7. The largest absolute Gasteiger partial charge is 0.409 e. The molecular formula is C9H19N3O2. The smallest absolute Gasteiger partial charge is 0.225 e. The predicted molar refractivity (Wildman–Crippen MR) is 55.1 cm³/mol. The highest BCUT2D eigenvalue weighted by Crippen LogP contribution is 2.08. The molecule has 0 aromatic heterocycles. The third-order valence-electron chi connectivity index (χ3n) is 2.51. The van der Waals surface area contributed by atoms with Crippen molar-refractivity contribution in [1.82, 2.24) is 4.90 Å². The van der Waals surface area contributed by atoms with Crippen LogP contribution in [-0.4, -0.2) is 34.9 Å². The number of nitrogens with two attached hydrogens (primary N) is 1. The van der Waals surface area contributed by atoms with Crippen LogP contribution < -0.4 is 5.73 Å². The Balaban J connectivity index is 4.46. The van der Waals surface area contributed by atoms with Gasteiger partial charge in [-0.2, -0.15) is 0 Å². The van der Waals surface area contributed by atoms with Gasteiger partial charge < -0.3 is 15.8 Å². The van der Waals surface area contributed by atoms with Crippen molar-refractivity contribution >= 4 is 11.7 Å². The van der Waals surface area contributed by atoms with Gasteiger partial charge in [-0.15, -0.1) is 0 Å². The van der Waals surface area contributed by atoms with Gasteiger partial charge in [-0.25, -0.2) is 0 Å². The van der Waals surface area contributed by atoms with Crippen LogP contribution in [0.1, 0.15) is 27.2 Å². The summed E-state index contributed by atoms with van der Waals surface area (Å²) >= 11 is 0. The zero-order valence-electron chi connectivity index (χ0n) is 9.19. The maximum Gasteiger partial charge on any atom is 0.225 e. The number of hydrogen-bond acceptors (Lipinski definition) is 3. The fourth-order valence-corrected chi connectivity index (χ4v) is 0.995. The summed E-state index contributed by atoms with van der Waals surface area (Å²) in [5, 5.41) is 11.3. The Bertz CT molecular complexity index is 228. The van der Waals surface area contributed by atoms with E-state index in [0.717, 1.165) is 6.42 Å². The highest BCUT2D eigenvalue weighted by Gasteiger charge is 2.22. The Hall–Kier alpha value is -1.26. The number of amidine groups is 1. The Morgan fingerprint density at radius 3 is 2.43 bits per heavy atom. The Labute approximate surface area is 84.6 Å². The minimum atomic E-state index is -0.374. The minimum absolute atomic E-state index is 0.00611. The van der Waals surface area contributed by atoms with Crippen LogP contribution in [0.15, 0.2) is 5.16 Å². The van der Waals surface area contributed by atoms with Crippen LogP contribution in [0.2, 0.25) is 0 Å². The quantitative estimate of drug-likeness (QED) is 0.303. The van der Waals surface area contributed by atoms with Crippen LogP contribution >= 0.6 is 0 Å². The number of carbonyl (C=O) groups is 1. The number of carbonyl (C=O) groups excluding carboxylic acids is 1. The molecule has 0 spiro atoms. The lowest BCUT2D eigenvalue weighted by Crippen LogP contribution is -2.45. The van der Waals surface area contributed by atoms with Gasteiger partial charge >= 0.3 is 0 Å². The highest BCUT2D eigenvalue weighted by molar-refractivity contribution is 5.90. The van der Waals surface area contributed by atoms with Gasteiger partial charge in [0.15, 0.2) is 5.84 Å². The van der Waals surface area contributed by atoms with E-state index in [9.17, 15) is 4.79 Å². The standard InChI is InChI=1S/C9H19N3O2/c1-5-6(2)9(13)12(4)7(3)8(10)11-14/h6-7,14H,5H2,1-4H3,(H2,10,11). The number of amides is 1. The lowest BCUT2D eigenvalue weighted by molar-refractivity contribution is -0.134. The van der Waals surface area contributed by atoms with Gasteiger partial charge in [0.05, 0.1) is 6.04 Å². The van der Waals surface area contributed by atoms with E-state index in [4.69, 9.17) is 10.9 Å². The molecule has 0 aliphatic carbocycles. The fraction of sp³-hybridized carbons (Fsp3) is 0.778. The number of likely N-dealkylation sites (N-methyl/N-ethyl adjacent to an activating group) is 1. The molecule has 82 valence electrons. The molecule has 0 radical (unpaired) electrons. The highest BCUT2D eigenvalue weighted by atomic mass is 16.4. The molecule has 0 bridgehead atoms. The second-order valence-corrected chi connectivity index (χ2v) is 3.46. The second kappa shape index (κ2) is 5.47. The van der Waals surface area contributed by atoms with Crippen molar-refractivity contribution in [3.05, 3.63) is 0 Å². The molecule has 0 aliphatic heterocycles. The molecule has 0 saturated carbocycles. The predicted octanol–water partition coefficient (Wildman–Crippen LogP) is 0.626. The molecular weight excluding hydrogens is 182 g/mol. The molecule has 5 heteroatoms. The van der Waals surface area contributed by atoms with Crippen LogP contribution in [0.3, 0.4) is 0 Å². The van der Waals surface area contributed by atoms with Crippen LogP contribution in [0, 0.1) is 5.92 Å². The van der Waals surface area contributed by atoms with Crippen molar-refractivity contribution in [2.24, 2.45) is 16.8 Å². The van der Waals surface area contributed by atoms with Crippen LogP contribution in [0.4, 0.5) is 0 Å². The molecule has 0 rings (SSSR count). The molecule has 0 saturated heterocycles. The van der Waals surface area contributed by atoms with Crippen LogP contribution in [-0.2, 0) is 4.79 Å². The normalized spacial score (nSPS) is 16.1. The average Bonchev–Trinajstić information content (AvgIpc) is 2.23. The first-order chi connectivity index (χ1) is 6.45. The topological polar surface area (TPSA) is 78.9 Å². The van der Waals surface area contributed by atoms with Gasteiger partial charge in [-0.3, -0.25) is 4.79 Å². The first-order valence-electron chi connectivity index (χ1n) is 4.69. The summed E-state index contributed by atoms with van der Waals surface area (Å²) in [6.45, 7) is 5.53. The lowest BCUT2D eigenvalue weighted by atomic mass is 10.1. The van der Waals surface area contributed by atoms with Gasteiger partial charge in [0.1, 0.15) is 0 Å².